The third-order valence-electron chi connectivity index (χ3n) is 6.79. The summed E-state index contributed by atoms with van der Waals surface area (Å²) < 4.78 is 5.50. The first kappa shape index (κ1) is 23.2. The maximum Gasteiger partial charge on any atom is 0.261 e. The molecule has 1 aliphatic heterocycles. The number of morpholine rings is 1. The Bertz CT molecular complexity index is 1590. The van der Waals surface area contributed by atoms with E-state index >= 15 is 0 Å². The van der Waals surface area contributed by atoms with E-state index in [-0.39, 0.29) is 11.6 Å². The summed E-state index contributed by atoms with van der Waals surface area (Å²) >= 11 is 0. The summed E-state index contributed by atoms with van der Waals surface area (Å²) in [5.41, 5.74) is 4.54. The molecule has 0 amide bonds. The number of aromatic amines is 2. The average molecular weight is 496 g/mol. The van der Waals surface area contributed by atoms with Gasteiger partial charge in [-0.2, -0.15) is 0 Å². The molecule has 6 rings (SSSR count). The molecule has 4 heterocycles. The van der Waals surface area contributed by atoms with Gasteiger partial charge in [0.15, 0.2) is 0 Å². The molecule has 1 atom stereocenters. The fraction of sp³-hybridized carbons (Fsp3) is 0.286. The normalized spacial score (nSPS) is 14.8. The van der Waals surface area contributed by atoms with Crippen molar-refractivity contribution in [2.45, 2.75) is 25.8 Å². The van der Waals surface area contributed by atoms with Gasteiger partial charge in [0.1, 0.15) is 17.2 Å². The SMILES string of the molecule is CCCC(Nc1c(-c2nc3ccc(N4CCOCC4)cc3[nH]2)c(=O)[nH]c2ccccc12)c1ncccn1. The molecule has 9 nitrogen and oxygen atoms in total. The van der Waals surface area contributed by atoms with Crippen LogP contribution in [0.3, 0.4) is 0 Å². The molecule has 1 saturated heterocycles. The van der Waals surface area contributed by atoms with Gasteiger partial charge in [0.2, 0.25) is 0 Å². The zero-order valence-electron chi connectivity index (χ0n) is 20.7. The molecule has 1 fully saturated rings. The first-order valence-corrected chi connectivity index (χ1v) is 12.7. The molecule has 3 aromatic heterocycles. The van der Waals surface area contributed by atoms with E-state index in [4.69, 9.17) is 9.72 Å². The largest absolute Gasteiger partial charge is 0.378 e. The minimum Gasteiger partial charge on any atom is -0.378 e. The summed E-state index contributed by atoms with van der Waals surface area (Å²) in [5.74, 6) is 1.22. The van der Waals surface area contributed by atoms with Crippen molar-refractivity contribution in [1.29, 1.82) is 0 Å². The van der Waals surface area contributed by atoms with Crippen LogP contribution in [-0.2, 0) is 4.74 Å². The van der Waals surface area contributed by atoms with Gasteiger partial charge in [-0.05, 0) is 36.8 Å². The third-order valence-corrected chi connectivity index (χ3v) is 6.79. The van der Waals surface area contributed by atoms with Gasteiger partial charge in [0.05, 0.1) is 41.5 Å². The van der Waals surface area contributed by atoms with Crippen LogP contribution in [0.25, 0.3) is 33.3 Å². The molecule has 5 aromatic rings. The number of nitrogens with zero attached hydrogens (tertiary/aromatic N) is 4. The van der Waals surface area contributed by atoms with Crippen molar-refractivity contribution in [2.24, 2.45) is 0 Å². The summed E-state index contributed by atoms with van der Waals surface area (Å²) in [6.07, 6.45) is 5.23. The van der Waals surface area contributed by atoms with Crippen molar-refractivity contribution in [3.8, 4) is 11.4 Å². The van der Waals surface area contributed by atoms with Crippen molar-refractivity contribution in [2.75, 3.05) is 36.5 Å². The summed E-state index contributed by atoms with van der Waals surface area (Å²) in [5, 5.41) is 4.53. The number of nitrogens with one attached hydrogen (secondary N) is 3. The molecule has 2 aromatic carbocycles. The summed E-state index contributed by atoms with van der Waals surface area (Å²) in [4.78, 5) is 36.1. The van der Waals surface area contributed by atoms with Gasteiger partial charge in [-0.25, -0.2) is 15.0 Å². The Labute approximate surface area is 213 Å². The van der Waals surface area contributed by atoms with Crippen LogP contribution in [0.2, 0.25) is 0 Å². The molecule has 1 unspecified atom stereocenters. The topological polar surface area (TPSA) is 112 Å². The van der Waals surface area contributed by atoms with Crippen molar-refractivity contribution >= 4 is 33.3 Å². The predicted molar refractivity (Wildman–Crippen MR) is 146 cm³/mol. The number of imidazole rings is 1. The van der Waals surface area contributed by atoms with Gasteiger partial charge in [-0.15, -0.1) is 0 Å². The molecular formula is C28H29N7O2. The number of hydrogen-bond acceptors (Lipinski definition) is 7. The number of ether oxygens (including phenoxy) is 1. The second kappa shape index (κ2) is 10.0. The van der Waals surface area contributed by atoms with Crippen molar-refractivity contribution < 1.29 is 4.74 Å². The fourth-order valence-electron chi connectivity index (χ4n) is 4.97. The monoisotopic (exact) mass is 495 g/mol. The molecule has 37 heavy (non-hydrogen) atoms. The fourth-order valence-corrected chi connectivity index (χ4v) is 4.97. The first-order valence-electron chi connectivity index (χ1n) is 12.7. The number of benzene rings is 2. The Morgan fingerprint density at radius 1 is 1.03 bits per heavy atom. The first-order chi connectivity index (χ1) is 18.2. The molecular weight excluding hydrogens is 466 g/mol. The van der Waals surface area contributed by atoms with Gasteiger partial charge < -0.3 is 24.9 Å². The number of rotatable bonds is 7. The Balaban J connectivity index is 1.48. The van der Waals surface area contributed by atoms with E-state index in [2.05, 4.69) is 49.2 Å². The van der Waals surface area contributed by atoms with Crippen LogP contribution in [0.4, 0.5) is 11.4 Å². The van der Waals surface area contributed by atoms with Crippen LogP contribution >= 0.6 is 0 Å². The molecule has 3 N–H and O–H groups in total. The lowest BCUT2D eigenvalue weighted by Crippen LogP contribution is -2.36. The smallest absolute Gasteiger partial charge is 0.261 e. The highest BCUT2D eigenvalue weighted by Crippen LogP contribution is 2.34. The second-order valence-electron chi connectivity index (χ2n) is 9.23. The lowest BCUT2D eigenvalue weighted by atomic mass is 10.1. The minimum absolute atomic E-state index is 0.160. The highest BCUT2D eigenvalue weighted by molar-refractivity contribution is 5.99. The lowest BCUT2D eigenvalue weighted by Gasteiger charge is -2.28. The minimum atomic E-state index is -0.210. The van der Waals surface area contributed by atoms with Crippen LogP contribution < -0.4 is 15.8 Å². The van der Waals surface area contributed by atoms with Crippen LogP contribution in [-0.4, -0.2) is 51.2 Å². The molecule has 0 radical (unpaired) electrons. The van der Waals surface area contributed by atoms with E-state index in [1.807, 2.05) is 30.3 Å². The highest BCUT2D eigenvalue weighted by Gasteiger charge is 2.22. The van der Waals surface area contributed by atoms with Gasteiger partial charge in [0.25, 0.3) is 5.56 Å². The zero-order chi connectivity index (χ0) is 25.2. The molecule has 0 spiro atoms. The Hall–Kier alpha value is -4.24. The molecule has 188 valence electrons. The zero-order valence-corrected chi connectivity index (χ0v) is 20.7. The number of H-pyrrole nitrogens is 2. The van der Waals surface area contributed by atoms with Gasteiger partial charge in [-0.3, -0.25) is 4.79 Å². The number of para-hydroxylation sites is 1. The maximum atomic E-state index is 13.5. The Morgan fingerprint density at radius 2 is 1.84 bits per heavy atom. The lowest BCUT2D eigenvalue weighted by molar-refractivity contribution is 0.122. The maximum absolute atomic E-state index is 13.5. The standard InChI is InChI=1S/C28H29N7O2/c1-2-6-22(26-29-11-5-12-30-26)31-25-19-7-3-4-8-20(19)34-28(36)24(25)27-32-21-10-9-18(17-23(21)33-27)35-13-15-37-16-14-35/h3-5,7-12,17,22H,2,6,13-16H2,1H3,(H,32,33)(H2,31,34,36). The molecule has 9 heteroatoms. The van der Waals surface area contributed by atoms with Crippen molar-refractivity contribution in [1.82, 2.24) is 24.9 Å². The summed E-state index contributed by atoms with van der Waals surface area (Å²) in [6.45, 7) is 5.27. The van der Waals surface area contributed by atoms with Crippen LogP contribution in [0, 0.1) is 0 Å². The Kier molecular flexibility index (Phi) is 6.28. The van der Waals surface area contributed by atoms with Crippen LogP contribution in [0.5, 0.6) is 0 Å². The number of hydrogen-bond donors (Lipinski definition) is 3. The summed E-state index contributed by atoms with van der Waals surface area (Å²) in [7, 11) is 0. The van der Waals surface area contributed by atoms with Crippen molar-refractivity contribution in [3.63, 3.8) is 0 Å². The Morgan fingerprint density at radius 3 is 2.65 bits per heavy atom. The van der Waals surface area contributed by atoms with Gasteiger partial charge in [0, 0.05) is 36.6 Å². The number of anilines is 2. The average Bonchev–Trinajstić information content (AvgIpc) is 3.36. The molecule has 0 saturated carbocycles. The van der Waals surface area contributed by atoms with Gasteiger partial charge >= 0.3 is 0 Å². The number of aromatic nitrogens is 5. The van der Waals surface area contributed by atoms with Gasteiger partial charge in [-0.1, -0.05) is 31.5 Å². The molecule has 1 aliphatic rings. The van der Waals surface area contributed by atoms with Crippen LogP contribution in [0.1, 0.15) is 31.6 Å². The second-order valence-corrected chi connectivity index (χ2v) is 9.23. The van der Waals surface area contributed by atoms with Crippen LogP contribution in [0.15, 0.2) is 65.7 Å². The molecule has 0 bridgehead atoms. The van der Waals surface area contributed by atoms with Crippen molar-refractivity contribution in [3.05, 3.63) is 77.1 Å². The summed E-state index contributed by atoms with van der Waals surface area (Å²) in [6, 6.07) is 15.6. The number of fused-ring (bicyclic) bond motifs is 2. The highest BCUT2D eigenvalue weighted by atomic mass is 16.5. The van der Waals surface area contributed by atoms with E-state index in [9.17, 15) is 4.79 Å². The predicted octanol–water partition coefficient (Wildman–Crippen LogP) is 4.65. The third kappa shape index (κ3) is 4.53. The molecule has 0 aliphatic carbocycles. The van der Waals surface area contributed by atoms with E-state index < -0.39 is 0 Å². The van der Waals surface area contributed by atoms with E-state index in [1.54, 1.807) is 18.5 Å². The van der Waals surface area contributed by atoms with E-state index in [1.165, 1.54) is 0 Å². The number of pyridine rings is 1. The van der Waals surface area contributed by atoms with E-state index in [0.717, 1.165) is 72.5 Å². The quantitative estimate of drug-likeness (QED) is 0.301. The van der Waals surface area contributed by atoms with E-state index in [0.29, 0.717) is 17.2 Å².